The second-order valence-electron chi connectivity index (χ2n) is 6.13. The molecule has 6 heteroatoms. The van der Waals surface area contributed by atoms with Gasteiger partial charge in [0.25, 0.3) is 0 Å². The molecule has 0 saturated heterocycles. The Morgan fingerprint density at radius 2 is 1.92 bits per heavy atom. The van der Waals surface area contributed by atoms with Crippen LogP contribution >= 0.6 is 12.4 Å². The van der Waals surface area contributed by atoms with Crippen molar-refractivity contribution >= 4 is 29.3 Å². The average molecular weight is 361 g/mol. The standard InChI is InChI=1S/C19H17FN2O2.ClH/c20-13-7-5-12(6-8-13)11-22-17-4-2-1-3-14(17)15-9-16(19(23)24)21-10-18(15)22;/h1-8,16,21H,9-11H2,(H,23,24);1H/t16-;/m0./s1. The van der Waals surface area contributed by atoms with Crippen LogP contribution in [-0.4, -0.2) is 21.7 Å². The number of hydrogen-bond donors (Lipinski definition) is 2. The number of nitrogens with zero attached hydrogens (tertiary/aromatic N) is 1. The quantitative estimate of drug-likeness (QED) is 0.753. The number of fused-ring (bicyclic) bond motifs is 3. The molecule has 0 aliphatic carbocycles. The van der Waals surface area contributed by atoms with E-state index in [9.17, 15) is 14.3 Å². The summed E-state index contributed by atoms with van der Waals surface area (Å²) in [6.07, 6.45) is 0.474. The molecule has 0 radical (unpaired) electrons. The third kappa shape index (κ3) is 3.13. The molecule has 2 aromatic carbocycles. The van der Waals surface area contributed by atoms with Crippen molar-refractivity contribution in [3.05, 3.63) is 71.2 Å². The van der Waals surface area contributed by atoms with Gasteiger partial charge in [0.2, 0.25) is 0 Å². The Kier molecular flexibility index (Phi) is 4.79. The van der Waals surface area contributed by atoms with E-state index in [0.717, 1.165) is 27.7 Å². The molecule has 1 aliphatic rings. The Morgan fingerprint density at radius 1 is 1.20 bits per heavy atom. The summed E-state index contributed by atoms with van der Waals surface area (Å²) in [4.78, 5) is 11.3. The molecule has 1 aliphatic heterocycles. The van der Waals surface area contributed by atoms with Crippen LogP contribution in [0.3, 0.4) is 0 Å². The molecule has 2 N–H and O–H groups in total. The monoisotopic (exact) mass is 360 g/mol. The number of benzene rings is 2. The fourth-order valence-electron chi connectivity index (χ4n) is 3.48. The third-order valence-electron chi connectivity index (χ3n) is 4.67. The van der Waals surface area contributed by atoms with Gasteiger partial charge in [0.1, 0.15) is 11.9 Å². The molecule has 4 nitrogen and oxygen atoms in total. The normalized spacial score (nSPS) is 16.3. The fraction of sp³-hybridized carbons (Fsp3) is 0.211. The highest BCUT2D eigenvalue weighted by Crippen LogP contribution is 2.30. The van der Waals surface area contributed by atoms with Crippen LogP contribution in [0.2, 0.25) is 0 Å². The van der Waals surface area contributed by atoms with Crippen LogP contribution < -0.4 is 5.32 Å². The molecule has 3 aromatic rings. The number of aromatic nitrogens is 1. The van der Waals surface area contributed by atoms with Gasteiger partial charge in [-0.2, -0.15) is 0 Å². The van der Waals surface area contributed by atoms with Gasteiger partial charge in [0.05, 0.1) is 0 Å². The van der Waals surface area contributed by atoms with Gasteiger partial charge in [-0.15, -0.1) is 12.4 Å². The molecule has 2 heterocycles. The number of rotatable bonds is 3. The SMILES string of the molecule is Cl.O=C(O)[C@@H]1Cc2c(n(Cc3ccc(F)cc3)c3ccccc23)CN1. The van der Waals surface area contributed by atoms with Crippen molar-refractivity contribution in [2.24, 2.45) is 0 Å². The minimum Gasteiger partial charge on any atom is -0.480 e. The summed E-state index contributed by atoms with van der Waals surface area (Å²) >= 11 is 0. The van der Waals surface area contributed by atoms with E-state index < -0.39 is 12.0 Å². The summed E-state index contributed by atoms with van der Waals surface area (Å²) in [6.45, 7) is 1.15. The lowest BCUT2D eigenvalue weighted by Gasteiger charge is -2.22. The topological polar surface area (TPSA) is 54.3 Å². The van der Waals surface area contributed by atoms with Gasteiger partial charge < -0.3 is 9.67 Å². The summed E-state index contributed by atoms with van der Waals surface area (Å²) in [7, 11) is 0. The number of halogens is 2. The number of aliphatic carboxylic acids is 1. The molecule has 0 spiro atoms. The molecule has 1 atom stereocenters. The van der Waals surface area contributed by atoms with Crippen LogP contribution in [0.1, 0.15) is 16.8 Å². The van der Waals surface area contributed by atoms with Crippen molar-refractivity contribution in [2.45, 2.75) is 25.6 Å². The molecule has 0 saturated carbocycles. The van der Waals surface area contributed by atoms with Gasteiger partial charge >= 0.3 is 5.97 Å². The van der Waals surface area contributed by atoms with Crippen molar-refractivity contribution in [3.63, 3.8) is 0 Å². The maximum absolute atomic E-state index is 13.1. The van der Waals surface area contributed by atoms with Crippen molar-refractivity contribution in [1.29, 1.82) is 0 Å². The highest BCUT2D eigenvalue weighted by molar-refractivity contribution is 5.87. The zero-order valence-electron chi connectivity index (χ0n) is 13.4. The van der Waals surface area contributed by atoms with E-state index in [4.69, 9.17) is 0 Å². The first kappa shape index (κ1) is 17.5. The first-order chi connectivity index (χ1) is 11.6. The molecule has 25 heavy (non-hydrogen) atoms. The lowest BCUT2D eigenvalue weighted by atomic mass is 9.98. The van der Waals surface area contributed by atoms with Crippen LogP contribution in [0.5, 0.6) is 0 Å². The summed E-state index contributed by atoms with van der Waals surface area (Å²) < 4.78 is 15.3. The number of carboxylic acids is 1. The molecule has 4 rings (SSSR count). The zero-order chi connectivity index (χ0) is 16.7. The summed E-state index contributed by atoms with van der Waals surface area (Å²) in [5.74, 6) is -1.07. The van der Waals surface area contributed by atoms with Gasteiger partial charge in [-0.05, 0) is 29.3 Å². The average Bonchev–Trinajstić information content (AvgIpc) is 2.90. The van der Waals surface area contributed by atoms with Gasteiger partial charge in [-0.25, -0.2) is 4.39 Å². The molecule has 0 bridgehead atoms. The van der Waals surface area contributed by atoms with Gasteiger partial charge in [-0.3, -0.25) is 10.1 Å². The largest absolute Gasteiger partial charge is 0.480 e. The van der Waals surface area contributed by atoms with E-state index in [-0.39, 0.29) is 18.2 Å². The Morgan fingerprint density at radius 3 is 2.64 bits per heavy atom. The molecule has 0 amide bonds. The zero-order valence-corrected chi connectivity index (χ0v) is 14.2. The van der Waals surface area contributed by atoms with Crippen molar-refractivity contribution in [2.75, 3.05) is 0 Å². The molecular weight excluding hydrogens is 343 g/mol. The molecule has 1 aromatic heterocycles. The number of carboxylic acid groups (broad SMARTS) is 1. The second kappa shape index (κ2) is 6.86. The van der Waals surface area contributed by atoms with Crippen LogP contribution in [0.4, 0.5) is 4.39 Å². The Labute approximate surface area is 150 Å². The summed E-state index contributed by atoms with van der Waals surface area (Å²) in [5, 5.41) is 13.5. The van der Waals surface area contributed by atoms with Crippen LogP contribution in [0.15, 0.2) is 48.5 Å². The van der Waals surface area contributed by atoms with Crippen molar-refractivity contribution < 1.29 is 14.3 Å². The highest BCUT2D eigenvalue weighted by atomic mass is 35.5. The van der Waals surface area contributed by atoms with E-state index in [1.807, 2.05) is 24.3 Å². The first-order valence-corrected chi connectivity index (χ1v) is 7.93. The number of carbonyl (C=O) groups is 1. The van der Waals surface area contributed by atoms with Crippen LogP contribution in [0.25, 0.3) is 10.9 Å². The molecule has 130 valence electrons. The number of nitrogens with one attached hydrogen (secondary N) is 1. The van der Waals surface area contributed by atoms with Crippen molar-refractivity contribution in [3.8, 4) is 0 Å². The molecule has 0 unspecified atom stereocenters. The molecular formula is C19H18ClFN2O2. The summed E-state index contributed by atoms with van der Waals surface area (Å²) in [5.41, 5.74) is 4.30. The van der Waals surface area contributed by atoms with Crippen LogP contribution in [0, 0.1) is 5.82 Å². The first-order valence-electron chi connectivity index (χ1n) is 7.93. The van der Waals surface area contributed by atoms with E-state index in [0.29, 0.717) is 19.5 Å². The Bertz CT molecular complexity index is 921. The number of hydrogen-bond acceptors (Lipinski definition) is 2. The number of para-hydroxylation sites is 1. The third-order valence-corrected chi connectivity index (χ3v) is 4.67. The van der Waals surface area contributed by atoms with Gasteiger partial charge in [0.15, 0.2) is 0 Å². The predicted molar refractivity (Wildman–Crippen MR) is 96.7 cm³/mol. The van der Waals surface area contributed by atoms with Gasteiger partial charge in [-0.1, -0.05) is 30.3 Å². The summed E-state index contributed by atoms with van der Waals surface area (Å²) in [6, 6.07) is 14.0. The van der Waals surface area contributed by atoms with E-state index in [2.05, 4.69) is 9.88 Å². The Balaban J connectivity index is 0.00000182. The van der Waals surface area contributed by atoms with Gasteiger partial charge in [0, 0.05) is 36.1 Å². The predicted octanol–water partition coefficient (Wildman–Crippen LogP) is 3.35. The van der Waals surface area contributed by atoms with E-state index in [1.165, 1.54) is 12.1 Å². The van der Waals surface area contributed by atoms with Crippen molar-refractivity contribution in [1.82, 2.24) is 9.88 Å². The smallest absolute Gasteiger partial charge is 0.321 e. The highest BCUT2D eigenvalue weighted by Gasteiger charge is 2.28. The lowest BCUT2D eigenvalue weighted by molar-refractivity contribution is -0.139. The Hall–Kier alpha value is -2.37. The fourth-order valence-corrected chi connectivity index (χ4v) is 3.48. The van der Waals surface area contributed by atoms with Crippen LogP contribution in [-0.2, 0) is 24.3 Å². The second-order valence-corrected chi connectivity index (χ2v) is 6.13. The maximum Gasteiger partial charge on any atom is 0.321 e. The van der Waals surface area contributed by atoms with E-state index in [1.54, 1.807) is 12.1 Å². The lowest BCUT2D eigenvalue weighted by Crippen LogP contribution is -2.42. The minimum absolute atomic E-state index is 0. The molecule has 0 fully saturated rings. The van der Waals surface area contributed by atoms with E-state index >= 15 is 0 Å². The maximum atomic E-state index is 13.1. The minimum atomic E-state index is -0.823.